The second-order valence-corrected chi connectivity index (χ2v) is 9.15. The SMILES string of the molecule is Cc1ccc2[nH]c(-c3ccc(N4CCC(O[C@H]5CC[C@H](C(=O)O)CC5)CC4)nc3)nc2c1. The third-order valence-electron chi connectivity index (χ3n) is 6.83. The number of aliphatic carboxylic acids is 1. The van der Waals surface area contributed by atoms with Gasteiger partial charge in [0.05, 0.1) is 29.2 Å². The Morgan fingerprint density at radius 2 is 1.81 bits per heavy atom. The number of hydrogen-bond donors (Lipinski definition) is 2. The first-order valence-electron chi connectivity index (χ1n) is 11.6. The molecule has 0 unspecified atom stereocenters. The van der Waals surface area contributed by atoms with Crippen LogP contribution < -0.4 is 4.90 Å². The van der Waals surface area contributed by atoms with E-state index in [1.54, 1.807) is 0 Å². The van der Waals surface area contributed by atoms with Gasteiger partial charge in [-0.25, -0.2) is 9.97 Å². The molecule has 7 heteroatoms. The number of carbonyl (C=O) groups is 1. The largest absolute Gasteiger partial charge is 0.481 e. The summed E-state index contributed by atoms with van der Waals surface area (Å²) in [7, 11) is 0. The fourth-order valence-corrected chi connectivity index (χ4v) is 4.90. The molecule has 2 aromatic heterocycles. The first-order chi connectivity index (χ1) is 15.5. The molecular weight excluding hydrogens is 404 g/mol. The van der Waals surface area contributed by atoms with Gasteiger partial charge in [-0.15, -0.1) is 0 Å². The molecule has 1 aromatic carbocycles. The average Bonchev–Trinajstić information content (AvgIpc) is 3.23. The van der Waals surface area contributed by atoms with E-state index in [9.17, 15) is 4.79 Å². The average molecular weight is 435 g/mol. The van der Waals surface area contributed by atoms with Crippen LogP contribution in [0.25, 0.3) is 22.4 Å². The van der Waals surface area contributed by atoms with Crippen molar-refractivity contribution in [1.82, 2.24) is 15.0 Å². The zero-order valence-electron chi connectivity index (χ0n) is 18.5. The summed E-state index contributed by atoms with van der Waals surface area (Å²) in [6, 6.07) is 10.4. The van der Waals surface area contributed by atoms with Crippen LogP contribution >= 0.6 is 0 Å². The summed E-state index contributed by atoms with van der Waals surface area (Å²) in [5.74, 6) is 0.982. The molecule has 0 spiro atoms. The number of piperidine rings is 1. The molecule has 5 rings (SSSR count). The van der Waals surface area contributed by atoms with E-state index in [-0.39, 0.29) is 18.1 Å². The summed E-state index contributed by atoms with van der Waals surface area (Å²) < 4.78 is 6.31. The number of carboxylic acids is 1. The Balaban J connectivity index is 1.15. The number of pyridine rings is 1. The Labute approximate surface area is 187 Å². The highest BCUT2D eigenvalue weighted by atomic mass is 16.5. The molecule has 0 radical (unpaired) electrons. The normalized spacial score (nSPS) is 22.3. The summed E-state index contributed by atoms with van der Waals surface area (Å²) in [4.78, 5) is 26.2. The van der Waals surface area contributed by atoms with Crippen LogP contribution in [0.2, 0.25) is 0 Å². The van der Waals surface area contributed by atoms with E-state index in [0.717, 1.165) is 79.9 Å². The third kappa shape index (κ3) is 4.48. The van der Waals surface area contributed by atoms with Crippen molar-refractivity contribution < 1.29 is 14.6 Å². The number of aryl methyl sites for hydroxylation is 1. The lowest BCUT2D eigenvalue weighted by Gasteiger charge is -2.36. The molecule has 1 aliphatic heterocycles. The van der Waals surface area contributed by atoms with Crippen molar-refractivity contribution >= 4 is 22.8 Å². The number of ether oxygens (including phenoxy) is 1. The van der Waals surface area contributed by atoms with Crippen molar-refractivity contribution in [3.63, 3.8) is 0 Å². The van der Waals surface area contributed by atoms with Gasteiger partial charge in [0.2, 0.25) is 0 Å². The zero-order chi connectivity index (χ0) is 22.1. The first kappa shape index (κ1) is 20.9. The topological polar surface area (TPSA) is 91.3 Å². The number of anilines is 1. The first-order valence-corrected chi connectivity index (χ1v) is 11.6. The van der Waals surface area contributed by atoms with E-state index >= 15 is 0 Å². The smallest absolute Gasteiger partial charge is 0.306 e. The Morgan fingerprint density at radius 1 is 1.06 bits per heavy atom. The van der Waals surface area contributed by atoms with Crippen LogP contribution in [0.3, 0.4) is 0 Å². The molecule has 1 saturated heterocycles. The van der Waals surface area contributed by atoms with Crippen LogP contribution in [-0.2, 0) is 9.53 Å². The second kappa shape index (κ2) is 8.90. The third-order valence-corrected chi connectivity index (χ3v) is 6.83. The van der Waals surface area contributed by atoms with Gasteiger partial charge in [0.15, 0.2) is 0 Å². The van der Waals surface area contributed by atoms with E-state index in [4.69, 9.17) is 19.8 Å². The molecule has 168 valence electrons. The minimum absolute atomic E-state index is 0.186. The van der Waals surface area contributed by atoms with Gasteiger partial charge in [-0.2, -0.15) is 0 Å². The lowest BCUT2D eigenvalue weighted by atomic mass is 9.87. The quantitative estimate of drug-likeness (QED) is 0.612. The minimum atomic E-state index is -0.661. The van der Waals surface area contributed by atoms with Gasteiger partial charge < -0.3 is 19.7 Å². The molecule has 1 aliphatic carbocycles. The summed E-state index contributed by atoms with van der Waals surface area (Å²) in [5.41, 5.74) is 4.19. The number of carboxylic acid groups (broad SMARTS) is 1. The number of aromatic nitrogens is 3. The summed E-state index contributed by atoms with van der Waals surface area (Å²) >= 11 is 0. The van der Waals surface area contributed by atoms with Crippen LogP contribution in [0.5, 0.6) is 0 Å². The summed E-state index contributed by atoms with van der Waals surface area (Å²) in [5, 5.41) is 9.15. The number of rotatable bonds is 5. The molecule has 2 aliphatic rings. The van der Waals surface area contributed by atoms with Crippen LogP contribution in [0.1, 0.15) is 44.1 Å². The van der Waals surface area contributed by atoms with Gasteiger partial charge in [-0.1, -0.05) is 6.07 Å². The molecule has 2 fully saturated rings. The Hall–Kier alpha value is -2.93. The number of aromatic amines is 1. The van der Waals surface area contributed by atoms with E-state index < -0.39 is 5.97 Å². The monoisotopic (exact) mass is 434 g/mol. The maximum absolute atomic E-state index is 11.1. The molecular formula is C25H30N4O3. The molecule has 7 nitrogen and oxygen atoms in total. The number of nitrogens with zero attached hydrogens (tertiary/aromatic N) is 3. The Bertz CT molecular complexity index is 1080. The predicted octanol–water partition coefficient (Wildman–Crippen LogP) is 4.56. The Morgan fingerprint density at radius 3 is 2.50 bits per heavy atom. The zero-order valence-corrected chi connectivity index (χ0v) is 18.5. The maximum atomic E-state index is 11.1. The fraction of sp³-hybridized carbons (Fsp3) is 0.480. The molecule has 2 N–H and O–H groups in total. The van der Waals surface area contributed by atoms with Gasteiger partial charge >= 0.3 is 5.97 Å². The molecule has 0 atom stereocenters. The van der Waals surface area contributed by atoms with Crippen molar-refractivity contribution in [3.05, 3.63) is 42.1 Å². The van der Waals surface area contributed by atoms with Crippen LogP contribution in [-0.4, -0.2) is 51.3 Å². The summed E-state index contributed by atoms with van der Waals surface area (Å²) in [6.07, 6.45) is 7.52. The number of nitrogens with one attached hydrogen (secondary N) is 1. The molecule has 32 heavy (non-hydrogen) atoms. The highest BCUT2D eigenvalue weighted by Crippen LogP contribution is 2.30. The Kier molecular flexibility index (Phi) is 5.83. The maximum Gasteiger partial charge on any atom is 0.306 e. The van der Waals surface area contributed by atoms with Crippen LogP contribution in [0.15, 0.2) is 36.5 Å². The molecule has 0 bridgehead atoms. The van der Waals surface area contributed by atoms with Crippen molar-refractivity contribution in [2.75, 3.05) is 18.0 Å². The summed E-state index contributed by atoms with van der Waals surface area (Å²) in [6.45, 7) is 3.92. The molecule has 0 amide bonds. The lowest BCUT2D eigenvalue weighted by Crippen LogP contribution is -2.39. The molecule has 1 saturated carbocycles. The number of benzene rings is 1. The lowest BCUT2D eigenvalue weighted by molar-refractivity contribution is -0.144. The van der Waals surface area contributed by atoms with Crippen molar-refractivity contribution in [2.45, 2.75) is 57.7 Å². The van der Waals surface area contributed by atoms with Gasteiger partial charge in [-0.3, -0.25) is 4.79 Å². The number of hydrogen-bond acceptors (Lipinski definition) is 5. The second-order valence-electron chi connectivity index (χ2n) is 9.15. The van der Waals surface area contributed by atoms with Crippen molar-refractivity contribution in [3.8, 4) is 11.4 Å². The van der Waals surface area contributed by atoms with E-state index in [1.807, 2.05) is 6.20 Å². The van der Waals surface area contributed by atoms with Gasteiger partial charge in [0, 0.05) is 24.8 Å². The van der Waals surface area contributed by atoms with E-state index in [0.29, 0.717) is 0 Å². The van der Waals surface area contributed by atoms with Gasteiger partial charge in [-0.05, 0) is 75.3 Å². The van der Waals surface area contributed by atoms with Gasteiger partial charge in [0.25, 0.3) is 0 Å². The van der Waals surface area contributed by atoms with Crippen molar-refractivity contribution in [1.29, 1.82) is 0 Å². The minimum Gasteiger partial charge on any atom is -0.481 e. The fourth-order valence-electron chi connectivity index (χ4n) is 4.90. The number of fused-ring (bicyclic) bond motifs is 1. The van der Waals surface area contributed by atoms with E-state index in [2.05, 4.69) is 47.1 Å². The molecule has 3 heterocycles. The molecule has 3 aromatic rings. The highest BCUT2D eigenvalue weighted by Gasteiger charge is 2.29. The van der Waals surface area contributed by atoms with E-state index in [1.165, 1.54) is 5.56 Å². The van der Waals surface area contributed by atoms with Crippen LogP contribution in [0, 0.1) is 12.8 Å². The van der Waals surface area contributed by atoms with Crippen LogP contribution in [0.4, 0.5) is 5.82 Å². The van der Waals surface area contributed by atoms with Gasteiger partial charge in [0.1, 0.15) is 11.6 Å². The number of H-pyrrole nitrogens is 1. The van der Waals surface area contributed by atoms with Crippen molar-refractivity contribution in [2.24, 2.45) is 5.92 Å². The predicted molar refractivity (Wildman–Crippen MR) is 124 cm³/mol. The highest BCUT2D eigenvalue weighted by molar-refractivity contribution is 5.80. The number of imidazole rings is 1. The standard InChI is InChI=1S/C25H30N4O3/c1-16-2-8-21-22(14-16)28-24(27-21)18-5-9-23(26-15-18)29-12-10-20(11-13-29)32-19-6-3-17(4-7-19)25(30)31/h2,5,8-9,14-15,17,19-20H,3-4,6-7,10-13H2,1H3,(H,27,28)(H,30,31)/t17-,19-.